The van der Waals surface area contributed by atoms with Crippen molar-refractivity contribution in [2.75, 3.05) is 15.5 Å². The number of β-lactam (4-membered cyclic amide) rings is 1. The molecule has 3 heterocycles. The van der Waals surface area contributed by atoms with Crippen molar-refractivity contribution < 1.29 is 33.5 Å². The van der Waals surface area contributed by atoms with Gasteiger partial charge in [0.25, 0.3) is 11.8 Å². The predicted octanol–water partition coefficient (Wildman–Crippen LogP) is 10.5. The third-order valence-electron chi connectivity index (χ3n) is 12.4. The second-order valence-electron chi connectivity index (χ2n) is 18.3. The van der Waals surface area contributed by atoms with Crippen molar-refractivity contribution in [3.63, 3.8) is 0 Å². The minimum atomic E-state index is -1.42. The minimum absolute atomic E-state index is 0.123. The lowest BCUT2D eigenvalue weighted by molar-refractivity contribution is -0.196. The Morgan fingerprint density at radius 3 is 1.86 bits per heavy atom. The topological polar surface area (TPSA) is 149 Å². The molecule has 0 spiro atoms. The van der Waals surface area contributed by atoms with Crippen LogP contribution in [0.4, 0.5) is 5.13 Å². The van der Waals surface area contributed by atoms with Crippen LogP contribution in [-0.2, 0) is 39.0 Å². The number of amides is 2. The number of benzene rings is 5. The van der Waals surface area contributed by atoms with Gasteiger partial charge in [-0.15, -0.1) is 23.1 Å². The van der Waals surface area contributed by atoms with E-state index in [1.165, 1.54) is 28.0 Å². The zero-order valence-electron chi connectivity index (χ0n) is 39.3. The molecule has 15 heteroatoms. The standard InChI is InChI=1S/C56H52IN5O7S2/c1-54(2,3)68-52(66)55(32-20-33-55)69-61-44(43-36-71-53(58-43)60-56(40-26-13-6-14-27-40,41-28-15-7-16-29-41)42-30-17-8-18-31-42)48(63)59-45-49(64)62-46(39(25-19-34-57)35-70-50(45)62)51(65)67-47(37-21-9-4-10-22-37)38-23-11-5-12-24-38/h4-19,21-31,36,45,47,50H,20,32-35H2,1-3H3,(H,58,60)(H,59,63)/t45?,50-/m0/s1. The van der Waals surface area contributed by atoms with E-state index in [2.05, 4.69) is 74.8 Å². The Kier molecular flexibility index (Phi) is 14.9. The van der Waals surface area contributed by atoms with Gasteiger partial charge in [0.15, 0.2) is 16.9 Å². The van der Waals surface area contributed by atoms with Crippen molar-refractivity contribution in [3.8, 4) is 0 Å². The number of aromatic nitrogens is 1. The molecule has 0 bridgehead atoms. The number of rotatable bonds is 17. The van der Waals surface area contributed by atoms with Crippen molar-refractivity contribution in [2.45, 2.75) is 74.3 Å². The quantitative estimate of drug-likeness (QED) is 0.0172. The zero-order valence-corrected chi connectivity index (χ0v) is 43.1. The summed E-state index contributed by atoms with van der Waals surface area (Å²) in [6, 6.07) is 48.0. The van der Waals surface area contributed by atoms with Crippen LogP contribution < -0.4 is 10.6 Å². The summed E-state index contributed by atoms with van der Waals surface area (Å²) in [5, 5.41) is 12.6. The molecule has 2 fully saturated rings. The van der Waals surface area contributed by atoms with Gasteiger partial charge in [-0.05, 0) is 60.6 Å². The summed E-state index contributed by atoms with van der Waals surface area (Å²) in [5.74, 6) is -2.13. The summed E-state index contributed by atoms with van der Waals surface area (Å²) < 4.78 is 12.8. The molecule has 2 atom stereocenters. The van der Waals surface area contributed by atoms with E-state index in [4.69, 9.17) is 19.3 Å². The highest BCUT2D eigenvalue weighted by Gasteiger charge is 2.55. The molecule has 1 saturated heterocycles. The Morgan fingerprint density at radius 1 is 0.831 bits per heavy atom. The highest BCUT2D eigenvalue weighted by atomic mass is 127. The Morgan fingerprint density at radius 2 is 1.37 bits per heavy atom. The molecule has 0 radical (unpaired) electrons. The molecule has 9 rings (SSSR count). The minimum Gasteiger partial charge on any atom is -0.457 e. The average molecular weight is 1100 g/mol. The van der Waals surface area contributed by atoms with E-state index in [0.29, 0.717) is 40.1 Å². The number of alkyl halides is 1. The molecule has 2 amide bonds. The highest BCUT2D eigenvalue weighted by molar-refractivity contribution is 14.1. The Bertz CT molecular complexity index is 2830. The normalized spacial score (nSPS) is 17.7. The number of halogens is 1. The van der Waals surface area contributed by atoms with E-state index in [-0.39, 0.29) is 17.1 Å². The van der Waals surface area contributed by atoms with Gasteiger partial charge in [-0.25, -0.2) is 14.6 Å². The first kappa shape index (κ1) is 49.4. The van der Waals surface area contributed by atoms with Crippen LogP contribution in [0.15, 0.2) is 186 Å². The number of nitrogens with zero attached hydrogens (tertiary/aromatic N) is 3. The Labute approximate surface area is 435 Å². The van der Waals surface area contributed by atoms with E-state index >= 15 is 0 Å². The summed E-state index contributed by atoms with van der Waals surface area (Å²) in [7, 11) is 0. The van der Waals surface area contributed by atoms with Crippen LogP contribution in [0.25, 0.3) is 0 Å². The average Bonchev–Trinajstić information content (AvgIpc) is 3.84. The van der Waals surface area contributed by atoms with E-state index in [1.807, 2.05) is 127 Å². The molecule has 6 aromatic rings. The first-order valence-electron chi connectivity index (χ1n) is 23.3. The van der Waals surface area contributed by atoms with Crippen LogP contribution in [-0.4, -0.2) is 72.1 Å². The monoisotopic (exact) mass is 1100 g/mol. The van der Waals surface area contributed by atoms with Gasteiger partial charge in [0.05, 0.1) is 0 Å². The molecular weight excluding hydrogens is 1050 g/mol. The lowest BCUT2D eigenvalue weighted by Gasteiger charge is -2.49. The lowest BCUT2D eigenvalue weighted by Crippen LogP contribution is -2.71. The molecule has 12 nitrogen and oxygen atoms in total. The summed E-state index contributed by atoms with van der Waals surface area (Å²) in [6.07, 6.45) is 4.39. The summed E-state index contributed by atoms with van der Waals surface area (Å²) in [6.45, 7) is 5.33. The molecule has 2 aliphatic heterocycles. The molecular formula is C56H52IN5O7S2. The van der Waals surface area contributed by atoms with Gasteiger partial charge in [0.1, 0.15) is 33.9 Å². The Hall–Kier alpha value is -6.56. The van der Waals surface area contributed by atoms with Crippen LogP contribution in [0.1, 0.15) is 79.6 Å². The number of hydrogen-bond acceptors (Lipinski definition) is 12. The van der Waals surface area contributed by atoms with E-state index in [1.54, 1.807) is 26.2 Å². The fraction of sp³-hybridized carbons (Fsp3) is 0.250. The second-order valence-corrected chi connectivity index (χ2v) is 21.1. The molecule has 1 aromatic heterocycles. The summed E-state index contributed by atoms with van der Waals surface area (Å²) in [5.41, 5.74) is 1.93. The van der Waals surface area contributed by atoms with Crippen molar-refractivity contribution >= 4 is 80.3 Å². The van der Waals surface area contributed by atoms with Crippen molar-refractivity contribution in [1.29, 1.82) is 0 Å². The first-order valence-corrected chi connectivity index (χ1v) is 26.8. The van der Waals surface area contributed by atoms with Crippen molar-refractivity contribution in [3.05, 3.63) is 214 Å². The fourth-order valence-electron chi connectivity index (χ4n) is 8.82. The number of esters is 2. The number of thiazole rings is 1. The van der Waals surface area contributed by atoms with Gasteiger partial charge in [0.2, 0.25) is 5.60 Å². The number of thioether (sulfide) groups is 1. The van der Waals surface area contributed by atoms with Gasteiger partial charge in [-0.2, -0.15) is 0 Å². The number of carbonyl (C=O) groups is 4. The van der Waals surface area contributed by atoms with E-state index in [9.17, 15) is 19.2 Å². The fourth-order valence-corrected chi connectivity index (χ4v) is 11.1. The number of allylic oxidation sites excluding steroid dienone is 2. The molecule has 362 valence electrons. The maximum atomic E-state index is 14.8. The molecule has 71 heavy (non-hydrogen) atoms. The van der Waals surface area contributed by atoms with Crippen LogP contribution >= 0.6 is 45.7 Å². The van der Waals surface area contributed by atoms with Crippen molar-refractivity contribution in [1.82, 2.24) is 15.2 Å². The first-order chi connectivity index (χ1) is 34.4. The van der Waals surface area contributed by atoms with Crippen LogP contribution in [0.2, 0.25) is 0 Å². The van der Waals surface area contributed by atoms with Gasteiger partial charge < -0.3 is 24.9 Å². The van der Waals surface area contributed by atoms with E-state index < -0.39 is 58.0 Å². The zero-order chi connectivity index (χ0) is 49.6. The molecule has 5 aromatic carbocycles. The summed E-state index contributed by atoms with van der Waals surface area (Å²) in [4.78, 5) is 70.0. The number of oxime groups is 1. The Balaban J connectivity index is 1.04. The SMILES string of the molecule is CC(C)(C)OC(=O)C1(ON=C(C(=O)NC2C(=O)N3C(C(=O)OC(c4ccccc4)c4ccccc4)=C(C=CCI)CS[C@@H]23)c2csc(NC(c3ccccc3)(c3ccccc3)c3ccccc3)n2)CCC1. The van der Waals surface area contributed by atoms with Gasteiger partial charge in [-0.3, -0.25) is 14.5 Å². The number of anilines is 1. The molecule has 1 aliphatic carbocycles. The number of fused-ring (bicyclic) bond motifs is 1. The highest BCUT2D eigenvalue weighted by Crippen LogP contribution is 2.44. The number of carbonyl (C=O) groups excluding carboxylic acids is 4. The predicted molar refractivity (Wildman–Crippen MR) is 286 cm³/mol. The molecule has 1 unspecified atom stereocenters. The third kappa shape index (κ3) is 10.4. The smallest absolute Gasteiger partial charge is 0.356 e. The second kappa shape index (κ2) is 21.4. The van der Waals surface area contributed by atoms with Crippen molar-refractivity contribution in [2.24, 2.45) is 5.16 Å². The number of nitrogens with one attached hydrogen (secondary N) is 2. The maximum Gasteiger partial charge on any atom is 0.356 e. The third-order valence-corrected chi connectivity index (χ3v) is 15.0. The maximum absolute atomic E-state index is 14.8. The van der Waals surface area contributed by atoms with E-state index in [0.717, 1.165) is 27.8 Å². The largest absolute Gasteiger partial charge is 0.457 e. The summed E-state index contributed by atoms with van der Waals surface area (Å²) >= 11 is 4.92. The van der Waals surface area contributed by atoms with Gasteiger partial charge >= 0.3 is 11.9 Å². The van der Waals surface area contributed by atoms with Crippen LogP contribution in [0.3, 0.4) is 0 Å². The van der Waals surface area contributed by atoms with Crippen LogP contribution in [0.5, 0.6) is 0 Å². The molecule has 1 saturated carbocycles. The van der Waals surface area contributed by atoms with Gasteiger partial charge in [-0.1, -0.05) is 192 Å². The molecule has 2 N–H and O–H groups in total. The number of hydrogen-bond donors (Lipinski definition) is 2. The van der Waals surface area contributed by atoms with Gasteiger partial charge in [0, 0.05) is 28.4 Å². The number of ether oxygens (including phenoxy) is 2. The van der Waals surface area contributed by atoms with Crippen LogP contribution in [0, 0.1) is 0 Å². The lowest BCUT2D eigenvalue weighted by atomic mass is 9.77. The molecule has 3 aliphatic rings.